The van der Waals surface area contributed by atoms with Gasteiger partial charge in [0.1, 0.15) is 11.4 Å². The van der Waals surface area contributed by atoms with E-state index in [1.165, 1.54) is 25.7 Å². The minimum atomic E-state index is -0.856. The van der Waals surface area contributed by atoms with Crippen LogP contribution in [0.1, 0.15) is 53.7 Å². The smallest absolute Gasteiger partial charge is 0.339 e. The number of hydrogen-bond donors (Lipinski definition) is 1. The number of pyridine rings is 1. The first-order valence-electron chi connectivity index (χ1n) is 7.56. The van der Waals surface area contributed by atoms with Crippen LogP contribution < -0.4 is 4.90 Å². The quantitative estimate of drug-likeness (QED) is 0.900. The summed E-state index contributed by atoms with van der Waals surface area (Å²) in [5, 5.41) is 9.54. The van der Waals surface area contributed by atoms with Crippen LogP contribution in [0.25, 0.3) is 0 Å². The second kappa shape index (κ2) is 5.08. The predicted molar refractivity (Wildman–Crippen MR) is 78.4 cm³/mol. The van der Waals surface area contributed by atoms with Gasteiger partial charge in [0.2, 0.25) is 0 Å². The molecule has 0 aromatic carbocycles. The maximum absolute atomic E-state index is 11.6. The molecule has 1 saturated carbocycles. The first kappa shape index (κ1) is 13.4. The van der Waals surface area contributed by atoms with Crippen molar-refractivity contribution in [1.82, 2.24) is 4.98 Å². The van der Waals surface area contributed by atoms with Gasteiger partial charge in [-0.05, 0) is 57.1 Å². The summed E-state index contributed by atoms with van der Waals surface area (Å²) >= 11 is 0. The molecule has 1 aliphatic heterocycles. The Balaban J connectivity index is 2.06. The van der Waals surface area contributed by atoms with Crippen molar-refractivity contribution in [2.24, 2.45) is 5.92 Å². The Morgan fingerprint density at radius 3 is 2.80 bits per heavy atom. The average Bonchev–Trinajstić information content (AvgIpc) is 2.84. The molecule has 20 heavy (non-hydrogen) atoms. The number of carboxylic acid groups (broad SMARTS) is 1. The van der Waals surface area contributed by atoms with Crippen molar-refractivity contribution in [2.45, 2.75) is 52.0 Å². The van der Waals surface area contributed by atoms with Crippen LogP contribution >= 0.6 is 0 Å². The molecule has 4 heteroatoms. The fourth-order valence-electron chi connectivity index (χ4n) is 4.01. The van der Waals surface area contributed by atoms with E-state index in [1.54, 1.807) is 0 Å². The molecule has 0 amide bonds. The van der Waals surface area contributed by atoms with Crippen LogP contribution in [0, 0.1) is 19.8 Å². The number of nitrogens with zero attached hydrogens (tertiary/aromatic N) is 2. The highest BCUT2D eigenvalue weighted by molar-refractivity contribution is 5.95. The summed E-state index contributed by atoms with van der Waals surface area (Å²) < 4.78 is 0. The van der Waals surface area contributed by atoms with E-state index in [4.69, 9.17) is 0 Å². The molecule has 1 N–H and O–H groups in total. The van der Waals surface area contributed by atoms with Crippen LogP contribution in [0.5, 0.6) is 0 Å². The highest BCUT2D eigenvalue weighted by Gasteiger charge is 2.37. The van der Waals surface area contributed by atoms with E-state index in [-0.39, 0.29) is 0 Å². The minimum Gasteiger partial charge on any atom is -0.478 e. The van der Waals surface area contributed by atoms with Crippen LogP contribution in [0.3, 0.4) is 0 Å². The van der Waals surface area contributed by atoms with E-state index in [1.807, 2.05) is 19.9 Å². The van der Waals surface area contributed by atoms with Gasteiger partial charge in [0.15, 0.2) is 0 Å². The van der Waals surface area contributed by atoms with Crippen molar-refractivity contribution in [3.8, 4) is 0 Å². The van der Waals surface area contributed by atoms with Gasteiger partial charge in [-0.1, -0.05) is 6.42 Å². The highest BCUT2D eigenvalue weighted by atomic mass is 16.4. The third kappa shape index (κ3) is 2.17. The van der Waals surface area contributed by atoms with Crippen LogP contribution in [0.4, 0.5) is 5.82 Å². The number of aromatic nitrogens is 1. The summed E-state index contributed by atoms with van der Waals surface area (Å²) in [5.74, 6) is 0.574. The molecule has 0 spiro atoms. The van der Waals surface area contributed by atoms with Crippen molar-refractivity contribution in [3.63, 3.8) is 0 Å². The van der Waals surface area contributed by atoms with Gasteiger partial charge in [0.05, 0.1) is 0 Å². The summed E-state index contributed by atoms with van der Waals surface area (Å²) in [5.41, 5.74) is 2.12. The number of hydrogen-bond acceptors (Lipinski definition) is 3. The second-order valence-electron chi connectivity index (χ2n) is 6.18. The van der Waals surface area contributed by atoms with E-state index in [9.17, 15) is 9.90 Å². The van der Waals surface area contributed by atoms with Gasteiger partial charge < -0.3 is 10.0 Å². The van der Waals surface area contributed by atoms with E-state index < -0.39 is 5.97 Å². The zero-order chi connectivity index (χ0) is 14.3. The Labute approximate surface area is 119 Å². The fraction of sp³-hybridized carbons (Fsp3) is 0.625. The molecule has 4 nitrogen and oxygen atoms in total. The zero-order valence-corrected chi connectivity index (χ0v) is 12.2. The molecule has 0 radical (unpaired) electrons. The molecule has 1 aromatic rings. The maximum Gasteiger partial charge on any atom is 0.339 e. The summed E-state index contributed by atoms with van der Waals surface area (Å²) in [6.45, 7) is 4.76. The molecule has 1 aliphatic carbocycles. The number of rotatable bonds is 2. The minimum absolute atomic E-state index is 0.392. The van der Waals surface area contributed by atoms with Gasteiger partial charge in [-0.15, -0.1) is 0 Å². The molecule has 2 heterocycles. The molecule has 0 bridgehead atoms. The highest BCUT2D eigenvalue weighted by Crippen LogP contribution is 2.39. The normalized spacial score (nSPS) is 25.6. The Hall–Kier alpha value is -1.58. The predicted octanol–water partition coefficient (Wildman–Crippen LogP) is 3.17. The van der Waals surface area contributed by atoms with Gasteiger partial charge in [-0.3, -0.25) is 0 Å². The standard InChI is InChI=1S/C16H22N2O2/c1-10-9-11(2)17-15(14(10)16(19)20)18-8-4-6-12-5-3-7-13(12)18/h9,12-13H,3-8H2,1-2H3,(H,19,20). The summed E-state index contributed by atoms with van der Waals surface area (Å²) in [4.78, 5) is 18.5. The summed E-state index contributed by atoms with van der Waals surface area (Å²) in [7, 11) is 0. The van der Waals surface area contributed by atoms with Crippen molar-refractivity contribution in [2.75, 3.05) is 11.4 Å². The number of carboxylic acids is 1. The van der Waals surface area contributed by atoms with E-state index in [0.29, 0.717) is 17.4 Å². The Morgan fingerprint density at radius 2 is 2.05 bits per heavy atom. The number of carbonyl (C=O) groups is 1. The molecule has 1 saturated heterocycles. The summed E-state index contributed by atoms with van der Waals surface area (Å²) in [6.07, 6.45) is 6.16. The lowest BCUT2D eigenvalue weighted by Crippen LogP contribution is -2.44. The van der Waals surface area contributed by atoms with Crippen LogP contribution in [-0.2, 0) is 0 Å². The van der Waals surface area contributed by atoms with Crippen LogP contribution in [0.15, 0.2) is 6.07 Å². The van der Waals surface area contributed by atoms with Crippen LogP contribution in [-0.4, -0.2) is 28.6 Å². The van der Waals surface area contributed by atoms with Crippen molar-refractivity contribution >= 4 is 11.8 Å². The van der Waals surface area contributed by atoms with Crippen molar-refractivity contribution < 1.29 is 9.90 Å². The number of piperidine rings is 1. The molecule has 2 fully saturated rings. The molecule has 1 aromatic heterocycles. The van der Waals surface area contributed by atoms with Crippen molar-refractivity contribution in [3.05, 3.63) is 22.9 Å². The molecular formula is C16H22N2O2. The Bertz CT molecular complexity index is 542. The first-order valence-corrected chi connectivity index (χ1v) is 7.56. The largest absolute Gasteiger partial charge is 0.478 e. The van der Waals surface area contributed by atoms with E-state index in [2.05, 4.69) is 9.88 Å². The molecule has 3 rings (SSSR count). The molecule has 2 unspecified atom stereocenters. The number of aryl methyl sites for hydroxylation is 2. The third-order valence-corrected chi connectivity index (χ3v) is 4.80. The van der Waals surface area contributed by atoms with Gasteiger partial charge in [-0.25, -0.2) is 9.78 Å². The topological polar surface area (TPSA) is 53.4 Å². The molecule has 2 aliphatic rings. The molecule has 108 valence electrons. The lowest BCUT2D eigenvalue weighted by Gasteiger charge is -2.39. The zero-order valence-electron chi connectivity index (χ0n) is 12.2. The summed E-state index contributed by atoms with van der Waals surface area (Å²) in [6, 6.07) is 2.36. The van der Waals surface area contributed by atoms with Crippen LogP contribution in [0.2, 0.25) is 0 Å². The lowest BCUT2D eigenvalue weighted by molar-refractivity contribution is 0.0696. The maximum atomic E-state index is 11.6. The Kier molecular flexibility index (Phi) is 3.40. The number of fused-ring (bicyclic) bond motifs is 1. The van der Waals surface area contributed by atoms with E-state index in [0.717, 1.165) is 30.1 Å². The monoisotopic (exact) mass is 274 g/mol. The SMILES string of the molecule is Cc1cc(C)c(C(=O)O)c(N2CCCC3CCCC32)n1. The van der Waals surface area contributed by atoms with Gasteiger partial charge >= 0.3 is 5.97 Å². The van der Waals surface area contributed by atoms with Gasteiger partial charge in [0, 0.05) is 18.3 Å². The average molecular weight is 274 g/mol. The van der Waals surface area contributed by atoms with E-state index >= 15 is 0 Å². The fourth-order valence-corrected chi connectivity index (χ4v) is 4.01. The first-order chi connectivity index (χ1) is 9.58. The molecule has 2 atom stereocenters. The number of anilines is 1. The van der Waals surface area contributed by atoms with Crippen molar-refractivity contribution in [1.29, 1.82) is 0 Å². The number of aromatic carboxylic acids is 1. The second-order valence-corrected chi connectivity index (χ2v) is 6.18. The Morgan fingerprint density at radius 1 is 1.30 bits per heavy atom. The lowest BCUT2D eigenvalue weighted by atomic mass is 9.91. The third-order valence-electron chi connectivity index (χ3n) is 4.80. The van der Waals surface area contributed by atoms with Gasteiger partial charge in [-0.2, -0.15) is 0 Å². The molecular weight excluding hydrogens is 252 g/mol. The van der Waals surface area contributed by atoms with Gasteiger partial charge in [0.25, 0.3) is 0 Å².